The van der Waals surface area contributed by atoms with Crippen LogP contribution in [0, 0.1) is 40.9 Å². The second-order valence-electron chi connectivity index (χ2n) is 21.0. The Kier molecular flexibility index (Phi) is 27.0. The summed E-state index contributed by atoms with van der Waals surface area (Å²) in [5.41, 5.74) is 17.8. The summed E-state index contributed by atoms with van der Waals surface area (Å²) >= 11 is 0. The fourth-order valence-electron chi connectivity index (χ4n) is 12.7. The van der Waals surface area contributed by atoms with Gasteiger partial charge in [0.15, 0.2) is 0 Å². The van der Waals surface area contributed by atoms with Crippen LogP contribution < -0.4 is 22.5 Å². The first-order valence-electron chi connectivity index (χ1n) is 26.6. The largest absolute Gasteiger partial charge is 0.480 e. The molecule has 1 heterocycles. The lowest BCUT2D eigenvalue weighted by Crippen LogP contribution is -2.56. The average molecular weight is 969 g/mol. The Morgan fingerprint density at radius 1 is 0.721 bits per heavy atom. The normalized spacial score (nSPS) is 30.0. The number of carbonyl (C=O) groups is 3. The van der Waals surface area contributed by atoms with Crippen molar-refractivity contribution in [3.05, 3.63) is 0 Å². The molecule has 0 spiro atoms. The summed E-state index contributed by atoms with van der Waals surface area (Å²) in [5, 5.41) is 43.4. The molecule has 4 fully saturated rings. The van der Waals surface area contributed by atoms with Gasteiger partial charge in [-0.05, 0) is 132 Å². The summed E-state index contributed by atoms with van der Waals surface area (Å²) in [6.07, 6.45) is 14.4. The zero-order valence-electron chi connectivity index (χ0n) is 42.4. The van der Waals surface area contributed by atoms with Crippen molar-refractivity contribution in [3.63, 3.8) is 0 Å². The monoisotopic (exact) mass is 969 g/mol. The smallest absolute Gasteiger partial charge is 0.317 e. The fourth-order valence-corrected chi connectivity index (χ4v) is 12.7. The highest BCUT2D eigenvalue weighted by atomic mass is 16.5. The average Bonchev–Trinajstić information content (AvgIpc) is 3.65. The first-order valence-corrected chi connectivity index (χ1v) is 26.6. The Hall–Kier alpha value is -2.07. The van der Waals surface area contributed by atoms with Gasteiger partial charge < -0.3 is 51.8 Å². The van der Waals surface area contributed by atoms with E-state index in [0.717, 1.165) is 83.7 Å². The standard InChI is InChI=1S/C50H96N8O10/c1-4-39-32-44(68-29-9-17-53)50(3)41(13-14-42(50)49(39)43(67-28-8-16-52)31-38-11-5-12-40(30-38)66-27-7-15-51)37(2)10-6-18-54-45(59)33-55-19-21-56(34-46(60)61)23-25-58(36-48(64)65)26-24-57(22-20-55)35-47(62)63/h37-45,49,54,59H,4-36,51-53H2,1-3H3,(H,60,61)(H,62,63)(H,64,65)/t37-,38?,39?,40-,41?,42+,43-,44+,45?,49?,50?/m1/s1. The van der Waals surface area contributed by atoms with Crippen LogP contribution in [-0.2, 0) is 28.6 Å². The van der Waals surface area contributed by atoms with Crippen LogP contribution in [0.3, 0.4) is 0 Å². The maximum atomic E-state index is 11.8. The molecule has 6 unspecified atom stereocenters. The SMILES string of the molecule is CCC1C[C@H](OCCCN)C2(C)C([C@H](C)CCCNC(O)CN3CCN(CC(=O)O)CCN(CC(=O)O)CCN(CC(=O)O)CC3)CC[C@H]2C1[C@@H](CC1CCC[C@@H](OCCCN)C1)OCCCN. The lowest BCUT2D eigenvalue weighted by Gasteiger charge is -2.56. The minimum Gasteiger partial charge on any atom is -0.480 e. The third-order valence-electron chi connectivity index (χ3n) is 16.3. The summed E-state index contributed by atoms with van der Waals surface area (Å²) in [6.45, 7) is 14.7. The van der Waals surface area contributed by atoms with E-state index in [4.69, 9.17) is 31.4 Å². The first-order chi connectivity index (χ1) is 32.7. The molecular formula is C50H96N8O10. The highest BCUT2D eigenvalue weighted by molar-refractivity contribution is 5.70. The highest BCUT2D eigenvalue weighted by Crippen LogP contribution is 2.63. The number of hydrogen-bond acceptors (Lipinski definition) is 15. The predicted molar refractivity (Wildman–Crippen MR) is 264 cm³/mol. The summed E-state index contributed by atoms with van der Waals surface area (Å²) in [6, 6.07) is 0. The number of β-amino-alcohol motifs (C(OH)–C–C–N with tert-alkyl or cyclic N) is 1. The third-order valence-corrected chi connectivity index (χ3v) is 16.3. The van der Waals surface area contributed by atoms with Gasteiger partial charge in [0.2, 0.25) is 0 Å². The molecule has 3 aliphatic carbocycles. The first kappa shape index (κ1) is 58.5. The van der Waals surface area contributed by atoms with Crippen LogP contribution >= 0.6 is 0 Å². The Balaban J connectivity index is 1.42. The molecule has 4 rings (SSSR count). The van der Waals surface area contributed by atoms with Crippen molar-refractivity contribution in [2.75, 3.05) is 125 Å². The molecular weight excluding hydrogens is 873 g/mol. The molecule has 0 aromatic heterocycles. The molecule has 396 valence electrons. The molecule has 0 radical (unpaired) electrons. The molecule has 18 nitrogen and oxygen atoms in total. The summed E-state index contributed by atoms with van der Waals surface area (Å²) < 4.78 is 20.3. The number of aliphatic hydroxyl groups is 1. The van der Waals surface area contributed by atoms with Gasteiger partial charge in [-0.3, -0.25) is 39.3 Å². The van der Waals surface area contributed by atoms with Crippen molar-refractivity contribution in [2.24, 2.45) is 58.1 Å². The number of fused-ring (bicyclic) bond motifs is 1. The molecule has 11 atom stereocenters. The Bertz CT molecular complexity index is 1410. The number of rotatable bonds is 30. The van der Waals surface area contributed by atoms with Crippen molar-refractivity contribution in [1.29, 1.82) is 0 Å². The molecule has 0 aromatic rings. The van der Waals surface area contributed by atoms with Crippen LogP contribution in [0.4, 0.5) is 0 Å². The van der Waals surface area contributed by atoms with Gasteiger partial charge in [-0.15, -0.1) is 0 Å². The van der Waals surface area contributed by atoms with Gasteiger partial charge in [0.1, 0.15) is 6.23 Å². The number of aliphatic hydroxyl groups excluding tert-OH is 1. The predicted octanol–water partition coefficient (Wildman–Crippen LogP) is 2.65. The van der Waals surface area contributed by atoms with E-state index in [1.165, 1.54) is 12.8 Å². The number of aliphatic carboxylic acids is 3. The van der Waals surface area contributed by atoms with Gasteiger partial charge in [0.05, 0.1) is 37.9 Å². The number of nitrogens with one attached hydrogen (secondary N) is 1. The molecule has 11 N–H and O–H groups in total. The van der Waals surface area contributed by atoms with E-state index in [9.17, 15) is 34.8 Å². The maximum Gasteiger partial charge on any atom is 0.317 e. The maximum absolute atomic E-state index is 11.8. The second kappa shape index (κ2) is 31.4. The van der Waals surface area contributed by atoms with Crippen LogP contribution in [0.15, 0.2) is 0 Å². The summed E-state index contributed by atoms with van der Waals surface area (Å²) in [4.78, 5) is 42.5. The van der Waals surface area contributed by atoms with Crippen molar-refractivity contribution in [1.82, 2.24) is 24.9 Å². The Labute approximate surface area is 408 Å². The number of hydrogen-bond donors (Lipinski definition) is 8. The third kappa shape index (κ3) is 19.2. The van der Waals surface area contributed by atoms with Gasteiger partial charge >= 0.3 is 17.9 Å². The van der Waals surface area contributed by atoms with Crippen LogP contribution in [0.1, 0.15) is 111 Å². The molecule has 4 aliphatic rings. The molecule has 1 saturated heterocycles. The number of nitrogens with zero attached hydrogens (tertiary/aromatic N) is 4. The van der Waals surface area contributed by atoms with Crippen molar-refractivity contribution in [2.45, 2.75) is 135 Å². The van der Waals surface area contributed by atoms with E-state index >= 15 is 0 Å². The van der Waals surface area contributed by atoms with Crippen molar-refractivity contribution >= 4 is 17.9 Å². The Morgan fingerprint density at radius 3 is 1.81 bits per heavy atom. The topological polar surface area (TPSA) is 263 Å². The molecule has 0 aromatic carbocycles. The van der Waals surface area contributed by atoms with Gasteiger partial charge in [0.25, 0.3) is 0 Å². The van der Waals surface area contributed by atoms with E-state index in [0.29, 0.717) is 140 Å². The van der Waals surface area contributed by atoms with E-state index in [-0.39, 0.29) is 37.3 Å². The van der Waals surface area contributed by atoms with Gasteiger partial charge in [-0.1, -0.05) is 40.0 Å². The molecule has 68 heavy (non-hydrogen) atoms. The van der Waals surface area contributed by atoms with E-state index in [1.807, 2.05) is 0 Å². The minimum atomic E-state index is -0.992. The van der Waals surface area contributed by atoms with Crippen molar-refractivity contribution in [3.8, 4) is 0 Å². The molecule has 0 amide bonds. The molecule has 1 aliphatic heterocycles. The number of nitrogens with two attached hydrogens (primary N) is 3. The molecule has 18 heteroatoms. The summed E-state index contributed by atoms with van der Waals surface area (Å²) in [7, 11) is 0. The van der Waals surface area contributed by atoms with E-state index in [1.54, 1.807) is 14.7 Å². The summed E-state index contributed by atoms with van der Waals surface area (Å²) in [5.74, 6) is -0.0262. The van der Waals surface area contributed by atoms with E-state index in [2.05, 4.69) is 31.0 Å². The van der Waals surface area contributed by atoms with Crippen LogP contribution in [-0.4, -0.2) is 207 Å². The van der Waals surface area contributed by atoms with Crippen LogP contribution in [0.25, 0.3) is 0 Å². The quantitative estimate of drug-likeness (QED) is 0.0380. The number of carboxylic acids is 3. The Morgan fingerprint density at radius 2 is 1.26 bits per heavy atom. The zero-order valence-corrected chi connectivity index (χ0v) is 42.4. The number of ether oxygens (including phenoxy) is 3. The van der Waals surface area contributed by atoms with Crippen LogP contribution in [0.5, 0.6) is 0 Å². The molecule has 0 bridgehead atoms. The number of carboxylic acid groups (broad SMARTS) is 3. The van der Waals surface area contributed by atoms with E-state index < -0.39 is 24.1 Å². The minimum absolute atomic E-state index is 0.0221. The lowest BCUT2D eigenvalue weighted by atomic mass is 9.53. The van der Waals surface area contributed by atoms with Gasteiger partial charge in [-0.2, -0.15) is 0 Å². The van der Waals surface area contributed by atoms with Gasteiger partial charge in [0, 0.05) is 84.1 Å². The lowest BCUT2D eigenvalue weighted by molar-refractivity contribution is -0.170. The van der Waals surface area contributed by atoms with Gasteiger partial charge in [-0.25, -0.2) is 0 Å². The fraction of sp³-hybridized carbons (Fsp3) is 0.940. The zero-order chi connectivity index (χ0) is 49.5. The molecule has 3 saturated carbocycles. The van der Waals surface area contributed by atoms with Crippen LogP contribution in [0.2, 0.25) is 0 Å². The highest BCUT2D eigenvalue weighted by Gasteiger charge is 2.61. The second-order valence-corrected chi connectivity index (χ2v) is 21.0. The van der Waals surface area contributed by atoms with Crippen molar-refractivity contribution < 1.29 is 49.0 Å².